The van der Waals surface area contributed by atoms with E-state index in [4.69, 9.17) is 5.73 Å². The number of nitrogens with zero attached hydrogens (tertiary/aromatic N) is 1. The number of hydrogen-bond acceptors (Lipinski definition) is 3. The average Bonchev–Trinajstić information content (AvgIpc) is 2.42. The van der Waals surface area contributed by atoms with E-state index >= 15 is 0 Å². The van der Waals surface area contributed by atoms with Crippen LogP contribution in [0.25, 0.3) is 0 Å². The number of anilines is 1. The topological polar surface area (TPSA) is 58.4 Å². The SMILES string of the molecule is CCN(c1ccc(Br)cc1C(N)=O)C1CCCNC1. The summed E-state index contributed by atoms with van der Waals surface area (Å²) in [5.74, 6) is -0.376. The normalized spacial score (nSPS) is 19.2. The van der Waals surface area contributed by atoms with Gasteiger partial charge in [-0.15, -0.1) is 0 Å². The van der Waals surface area contributed by atoms with Crippen molar-refractivity contribution in [1.29, 1.82) is 0 Å². The first-order valence-corrected chi connectivity index (χ1v) is 7.49. The van der Waals surface area contributed by atoms with Gasteiger partial charge in [-0.1, -0.05) is 15.9 Å². The smallest absolute Gasteiger partial charge is 0.250 e. The highest BCUT2D eigenvalue weighted by Gasteiger charge is 2.23. The number of hydrogen-bond donors (Lipinski definition) is 2. The van der Waals surface area contributed by atoms with Crippen LogP contribution in [0, 0.1) is 0 Å². The zero-order valence-electron chi connectivity index (χ0n) is 11.2. The molecule has 3 N–H and O–H groups in total. The molecule has 1 aromatic carbocycles. The van der Waals surface area contributed by atoms with Crippen LogP contribution in [0.1, 0.15) is 30.1 Å². The molecule has 0 saturated carbocycles. The Kier molecular flexibility index (Phi) is 4.82. The summed E-state index contributed by atoms with van der Waals surface area (Å²) in [4.78, 5) is 13.9. The molecule has 1 aromatic rings. The van der Waals surface area contributed by atoms with Crippen LogP contribution < -0.4 is 16.0 Å². The lowest BCUT2D eigenvalue weighted by Gasteiger charge is -2.36. The molecule has 1 unspecified atom stereocenters. The summed E-state index contributed by atoms with van der Waals surface area (Å²) in [6, 6.07) is 6.16. The minimum absolute atomic E-state index is 0.376. The maximum Gasteiger partial charge on any atom is 0.250 e. The Labute approximate surface area is 122 Å². The van der Waals surface area contributed by atoms with Gasteiger partial charge in [-0.3, -0.25) is 4.79 Å². The average molecular weight is 326 g/mol. The number of benzene rings is 1. The number of amides is 1. The molecule has 1 heterocycles. The van der Waals surface area contributed by atoms with Crippen LogP contribution in [0.5, 0.6) is 0 Å². The number of carbonyl (C=O) groups is 1. The molecule has 19 heavy (non-hydrogen) atoms. The van der Waals surface area contributed by atoms with Crippen molar-refractivity contribution in [2.24, 2.45) is 5.73 Å². The van der Waals surface area contributed by atoms with Gasteiger partial charge in [0.05, 0.1) is 5.56 Å². The number of halogens is 1. The van der Waals surface area contributed by atoms with E-state index in [0.717, 1.165) is 36.2 Å². The van der Waals surface area contributed by atoms with Crippen molar-refractivity contribution in [1.82, 2.24) is 5.32 Å². The molecule has 0 bridgehead atoms. The highest BCUT2D eigenvalue weighted by Crippen LogP contribution is 2.27. The summed E-state index contributed by atoms with van der Waals surface area (Å²) < 4.78 is 0.878. The van der Waals surface area contributed by atoms with Crippen LogP contribution in [-0.4, -0.2) is 31.6 Å². The number of rotatable bonds is 4. The zero-order chi connectivity index (χ0) is 13.8. The van der Waals surface area contributed by atoms with Crippen LogP contribution >= 0.6 is 15.9 Å². The summed E-state index contributed by atoms with van der Waals surface area (Å²) in [6.45, 7) is 5.02. The van der Waals surface area contributed by atoms with E-state index in [-0.39, 0.29) is 5.91 Å². The summed E-state index contributed by atoms with van der Waals surface area (Å²) in [5, 5.41) is 3.41. The van der Waals surface area contributed by atoms with Gasteiger partial charge < -0.3 is 16.0 Å². The second-order valence-corrected chi connectivity index (χ2v) is 5.73. The number of nitrogens with two attached hydrogens (primary N) is 1. The summed E-state index contributed by atoms with van der Waals surface area (Å²) in [5.41, 5.74) is 7.03. The molecule has 0 aliphatic carbocycles. The van der Waals surface area contributed by atoms with Crippen LogP contribution in [-0.2, 0) is 0 Å². The van der Waals surface area contributed by atoms with Gasteiger partial charge in [0.15, 0.2) is 0 Å². The van der Waals surface area contributed by atoms with Crippen LogP contribution in [0.4, 0.5) is 5.69 Å². The van der Waals surface area contributed by atoms with E-state index in [0.29, 0.717) is 11.6 Å². The third-order valence-corrected chi connectivity index (χ3v) is 4.08. The molecule has 0 radical (unpaired) electrons. The van der Waals surface area contributed by atoms with Crippen molar-refractivity contribution in [3.63, 3.8) is 0 Å². The highest BCUT2D eigenvalue weighted by molar-refractivity contribution is 9.10. The van der Waals surface area contributed by atoms with Crippen molar-refractivity contribution in [2.45, 2.75) is 25.8 Å². The fourth-order valence-corrected chi connectivity index (χ4v) is 3.04. The maximum absolute atomic E-state index is 11.6. The molecule has 104 valence electrons. The monoisotopic (exact) mass is 325 g/mol. The predicted molar refractivity (Wildman–Crippen MR) is 81.6 cm³/mol. The lowest BCUT2D eigenvalue weighted by Crippen LogP contribution is -2.46. The molecular formula is C14H20BrN3O. The molecule has 1 atom stereocenters. The number of carbonyl (C=O) groups excluding carboxylic acids is 1. The van der Waals surface area contributed by atoms with Crippen molar-refractivity contribution >= 4 is 27.5 Å². The molecule has 1 aliphatic rings. The molecule has 1 aliphatic heterocycles. The molecule has 1 amide bonds. The quantitative estimate of drug-likeness (QED) is 0.891. The standard InChI is InChI=1S/C14H20BrN3O/c1-2-18(11-4-3-7-17-9-11)13-6-5-10(15)8-12(13)14(16)19/h5-6,8,11,17H,2-4,7,9H2,1H3,(H2,16,19). The first-order valence-electron chi connectivity index (χ1n) is 6.70. The van der Waals surface area contributed by atoms with Crippen LogP contribution in [0.15, 0.2) is 22.7 Å². The molecule has 4 nitrogen and oxygen atoms in total. The number of likely N-dealkylation sites (N-methyl/N-ethyl adjacent to an activating group) is 1. The van der Waals surface area contributed by atoms with Gasteiger partial charge in [-0.2, -0.15) is 0 Å². The fraction of sp³-hybridized carbons (Fsp3) is 0.500. The second kappa shape index (κ2) is 6.39. The Morgan fingerprint density at radius 2 is 2.37 bits per heavy atom. The minimum atomic E-state index is -0.376. The Hall–Kier alpha value is -1.07. The first-order chi connectivity index (χ1) is 9.13. The third kappa shape index (κ3) is 3.28. The molecule has 0 spiro atoms. The fourth-order valence-electron chi connectivity index (χ4n) is 2.68. The van der Waals surface area contributed by atoms with E-state index in [1.54, 1.807) is 6.07 Å². The van der Waals surface area contributed by atoms with Crippen molar-refractivity contribution in [3.05, 3.63) is 28.2 Å². The molecular weight excluding hydrogens is 306 g/mol. The van der Waals surface area contributed by atoms with Gasteiger partial charge in [0.25, 0.3) is 5.91 Å². The largest absolute Gasteiger partial charge is 0.367 e. The van der Waals surface area contributed by atoms with Gasteiger partial charge in [0, 0.05) is 29.3 Å². The number of piperidine rings is 1. The van der Waals surface area contributed by atoms with Crippen LogP contribution in [0.2, 0.25) is 0 Å². The third-order valence-electron chi connectivity index (χ3n) is 3.59. The predicted octanol–water partition coefficient (Wildman–Crippen LogP) is 2.13. The Balaban J connectivity index is 2.34. The Morgan fingerprint density at radius 3 is 2.95 bits per heavy atom. The van der Waals surface area contributed by atoms with E-state index in [1.807, 2.05) is 12.1 Å². The van der Waals surface area contributed by atoms with E-state index in [2.05, 4.69) is 33.1 Å². The van der Waals surface area contributed by atoms with Gasteiger partial charge >= 0.3 is 0 Å². The highest BCUT2D eigenvalue weighted by atomic mass is 79.9. The first kappa shape index (κ1) is 14.3. The molecule has 1 saturated heterocycles. The maximum atomic E-state index is 11.6. The molecule has 1 fully saturated rings. The van der Waals surface area contributed by atoms with E-state index in [1.165, 1.54) is 6.42 Å². The zero-order valence-corrected chi connectivity index (χ0v) is 12.7. The molecule has 2 rings (SSSR count). The number of primary amides is 1. The van der Waals surface area contributed by atoms with Gasteiger partial charge in [-0.25, -0.2) is 0 Å². The summed E-state index contributed by atoms with van der Waals surface area (Å²) >= 11 is 3.39. The van der Waals surface area contributed by atoms with Crippen molar-refractivity contribution in [3.8, 4) is 0 Å². The molecule has 5 heteroatoms. The Bertz CT molecular complexity index is 458. The van der Waals surface area contributed by atoms with E-state index < -0.39 is 0 Å². The van der Waals surface area contributed by atoms with E-state index in [9.17, 15) is 4.79 Å². The lowest BCUT2D eigenvalue weighted by atomic mass is 10.0. The molecule has 0 aromatic heterocycles. The van der Waals surface area contributed by atoms with Gasteiger partial charge in [0.1, 0.15) is 0 Å². The van der Waals surface area contributed by atoms with Gasteiger partial charge in [0.2, 0.25) is 0 Å². The summed E-state index contributed by atoms with van der Waals surface area (Å²) in [6.07, 6.45) is 2.32. The summed E-state index contributed by atoms with van der Waals surface area (Å²) in [7, 11) is 0. The number of nitrogens with one attached hydrogen (secondary N) is 1. The van der Waals surface area contributed by atoms with Crippen molar-refractivity contribution < 1.29 is 4.79 Å². The minimum Gasteiger partial charge on any atom is -0.367 e. The van der Waals surface area contributed by atoms with Gasteiger partial charge in [-0.05, 0) is 44.5 Å². The Morgan fingerprint density at radius 1 is 1.58 bits per heavy atom. The van der Waals surface area contributed by atoms with Crippen molar-refractivity contribution in [2.75, 3.05) is 24.5 Å². The van der Waals surface area contributed by atoms with Crippen LogP contribution in [0.3, 0.4) is 0 Å². The second-order valence-electron chi connectivity index (χ2n) is 4.81. The lowest BCUT2D eigenvalue weighted by molar-refractivity contribution is 0.100.